The molecule has 3 nitrogen and oxygen atoms in total. The van der Waals surface area contributed by atoms with Crippen molar-refractivity contribution in [3.63, 3.8) is 0 Å². The molecule has 20 heavy (non-hydrogen) atoms. The first-order chi connectivity index (χ1) is 9.65. The molecule has 0 unspecified atom stereocenters. The van der Waals surface area contributed by atoms with Crippen molar-refractivity contribution < 1.29 is 13.5 Å². The Balaban J connectivity index is 2.12. The van der Waals surface area contributed by atoms with Gasteiger partial charge in [0, 0.05) is 16.8 Å². The fraction of sp³-hybridized carbons (Fsp3) is 0.400. The number of nitrogens with zero attached hydrogens (tertiary/aromatic N) is 1. The van der Waals surface area contributed by atoms with Gasteiger partial charge in [0.1, 0.15) is 5.75 Å². The average molecular weight is 278 g/mol. The Labute approximate surface area is 115 Å². The van der Waals surface area contributed by atoms with Crippen molar-refractivity contribution in [3.8, 4) is 5.75 Å². The van der Waals surface area contributed by atoms with E-state index in [-0.39, 0.29) is 5.75 Å². The first-order valence-electron chi connectivity index (χ1n) is 6.81. The summed E-state index contributed by atoms with van der Waals surface area (Å²) in [5.41, 5.74) is 9.75. The SMILES string of the molecule is Nc1c2c(nc3ccc(OC(F)F)cc13)CCCCC2. The minimum absolute atomic E-state index is 0.120. The monoisotopic (exact) mass is 278 g/mol. The van der Waals surface area contributed by atoms with Gasteiger partial charge >= 0.3 is 6.61 Å². The maximum absolute atomic E-state index is 12.3. The maximum Gasteiger partial charge on any atom is 0.387 e. The summed E-state index contributed by atoms with van der Waals surface area (Å²) in [6.07, 6.45) is 5.23. The lowest BCUT2D eigenvalue weighted by molar-refractivity contribution is -0.0497. The summed E-state index contributed by atoms with van der Waals surface area (Å²) < 4.78 is 29.0. The number of hydrogen-bond donors (Lipinski definition) is 1. The Kier molecular flexibility index (Phi) is 3.42. The van der Waals surface area contributed by atoms with Crippen LogP contribution < -0.4 is 10.5 Å². The first-order valence-corrected chi connectivity index (χ1v) is 6.81. The summed E-state index contributed by atoms with van der Waals surface area (Å²) in [5.74, 6) is 0.120. The Bertz CT molecular complexity index is 643. The standard InChI is InChI=1S/C15H16F2N2O/c16-15(17)20-9-6-7-13-11(8-9)14(18)10-4-2-1-3-5-12(10)19-13/h6-8,15H,1-5H2,(H2,18,19). The molecule has 2 N–H and O–H groups in total. The zero-order chi connectivity index (χ0) is 14.1. The van der Waals surface area contributed by atoms with E-state index in [9.17, 15) is 8.78 Å². The fourth-order valence-electron chi connectivity index (χ4n) is 2.79. The van der Waals surface area contributed by atoms with E-state index in [1.165, 1.54) is 12.5 Å². The van der Waals surface area contributed by atoms with Gasteiger partial charge in [0.2, 0.25) is 0 Å². The normalized spacial score (nSPS) is 15.2. The summed E-state index contributed by atoms with van der Waals surface area (Å²) in [7, 11) is 0. The number of aromatic nitrogens is 1. The molecule has 0 bridgehead atoms. The van der Waals surface area contributed by atoms with Gasteiger partial charge in [-0.05, 0) is 49.4 Å². The average Bonchev–Trinajstić information content (AvgIpc) is 2.64. The second-order valence-corrected chi connectivity index (χ2v) is 5.07. The lowest BCUT2D eigenvalue weighted by Crippen LogP contribution is -2.05. The van der Waals surface area contributed by atoms with Crippen LogP contribution in [0.3, 0.4) is 0 Å². The smallest absolute Gasteiger partial charge is 0.387 e. The van der Waals surface area contributed by atoms with Crippen molar-refractivity contribution in [2.75, 3.05) is 5.73 Å². The molecule has 0 saturated heterocycles. The molecule has 3 rings (SSSR count). The molecule has 1 aromatic carbocycles. The summed E-state index contributed by atoms with van der Waals surface area (Å²) in [4.78, 5) is 4.63. The lowest BCUT2D eigenvalue weighted by Gasteiger charge is -2.13. The van der Waals surface area contributed by atoms with Gasteiger partial charge in [0.15, 0.2) is 0 Å². The molecule has 0 atom stereocenters. The van der Waals surface area contributed by atoms with Gasteiger partial charge in [0.25, 0.3) is 0 Å². The highest BCUT2D eigenvalue weighted by Crippen LogP contribution is 2.32. The number of ether oxygens (including phenoxy) is 1. The highest BCUT2D eigenvalue weighted by Gasteiger charge is 2.16. The van der Waals surface area contributed by atoms with Crippen molar-refractivity contribution in [2.24, 2.45) is 0 Å². The number of rotatable bonds is 2. The third-order valence-corrected chi connectivity index (χ3v) is 3.75. The van der Waals surface area contributed by atoms with E-state index in [0.717, 1.165) is 42.5 Å². The van der Waals surface area contributed by atoms with Crippen molar-refractivity contribution in [1.29, 1.82) is 0 Å². The third kappa shape index (κ3) is 2.40. The van der Waals surface area contributed by atoms with Crippen molar-refractivity contribution in [2.45, 2.75) is 38.7 Å². The molecular formula is C15H16F2N2O. The van der Waals surface area contributed by atoms with Crippen LogP contribution in [0.4, 0.5) is 14.5 Å². The maximum atomic E-state index is 12.3. The van der Waals surface area contributed by atoms with Crippen LogP contribution >= 0.6 is 0 Å². The van der Waals surface area contributed by atoms with Gasteiger partial charge in [-0.3, -0.25) is 4.98 Å². The Morgan fingerprint density at radius 1 is 1.15 bits per heavy atom. The summed E-state index contributed by atoms with van der Waals surface area (Å²) in [6, 6.07) is 4.74. The number of aryl methyl sites for hydroxylation is 1. The van der Waals surface area contributed by atoms with Crippen LogP contribution in [0.2, 0.25) is 0 Å². The number of alkyl halides is 2. The van der Waals surface area contributed by atoms with Crippen molar-refractivity contribution in [1.82, 2.24) is 4.98 Å². The van der Waals surface area contributed by atoms with E-state index in [1.54, 1.807) is 12.1 Å². The van der Waals surface area contributed by atoms with Crippen LogP contribution in [-0.4, -0.2) is 11.6 Å². The fourth-order valence-corrected chi connectivity index (χ4v) is 2.79. The predicted molar refractivity (Wildman–Crippen MR) is 74.0 cm³/mol. The van der Waals surface area contributed by atoms with Gasteiger partial charge in [-0.15, -0.1) is 0 Å². The largest absolute Gasteiger partial charge is 0.435 e. The van der Waals surface area contributed by atoms with Crippen LogP contribution in [0, 0.1) is 0 Å². The zero-order valence-electron chi connectivity index (χ0n) is 11.0. The number of nitrogens with two attached hydrogens (primary N) is 1. The molecular weight excluding hydrogens is 262 g/mol. The molecule has 1 aliphatic rings. The number of fused-ring (bicyclic) bond motifs is 2. The van der Waals surface area contributed by atoms with Gasteiger partial charge in [-0.1, -0.05) is 6.42 Å². The minimum Gasteiger partial charge on any atom is -0.435 e. The minimum atomic E-state index is -2.83. The number of halogens is 2. The van der Waals surface area contributed by atoms with E-state index in [0.29, 0.717) is 11.1 Å². The molecule has 1 aliphatic carbocycles. The van der Waals surface area contributed by atoms with Gasteiger partial charge in [-0.2, -0.15) is 8.78 Å². The van der Waals surface area contributed by atoms with Crippen LogP contribution in [0.5, 0.6) is 5.75 Å². The third-order valence-electron chi connectivity index (χ3n) is 3.75. The summed E-state index contributed by atoms with van der Waals surface area (Å²) in [5, 5.41) is 0.698. The van der Waals surface area contributed by atoms with Crippen molar-refractivity contribution in [3.05, 3.63) is 29.5 Å². The molecule has 2 aromatic rings. The Hall–Kier alpha value is -1.91. The van der Waals surface area contributed by atoms with E-state index >= 15 is 0 Å². The summed E-state index contributed by atoms with van der Waals surface area (Å²) >= 11 is 0. The molecule has 1 heterocycles. The van der Waals surface area contributed by atoms with E-state index in [1.807, 2.05) is 0 Å². The van der Waals surface area contributed by atoms with Gasteiger partial charge < -0.3 is 10.5 Å². The topological polar surface area (TPSA) is 48.1 Å². The number of anilines is 1. The second kappa shape index (κ2) is 5.23. The van der Waals surface area contributed by atoms with Gasteiger partial charge in [-0.25, -0.2) is 0 Å². The Morgan fingerprint density at radius 3 is 2.75 bits per heavy atom. The van der Waals surface area contributed by atoms with E-state index < -0.39 is 6.61 Å². The van der Waals surface area contributed by atoms with E-state index in [2.05, 4.69) is 9.72 Å². The number of nitrogen functional groups attached to an aromatic ring is 1. The highest BCUT2D eigenvalue weighted by atomic mass is 19.3. The summed E-state index contributed by atoms with van der Waals surface area (Å²) in [6.45, 7) is -2.83. The molecule has 5 heteroatoms. The number of hydrogen-bond acceptors (Lipinski definition) is 3. The first kappa shape index (κ1) is 13.1. The molecule has 0 amide bonds. The van der Waals surface area contributed by atoms with Crippen LogP contribution in [0.25, 0.3) is 10.9 Å². The molecule has 0 spiro atoms. The van der Waals surface area contributed by atoms with Crippen molar-refractivity contribution >= 4 is 16.6 Å². The quantitative estimate of drug-likeness (QED) is 0.852. The Morgan fingerprint density at radius 2 is 1.95 bits per heavy atom. The lowest BCUT2D eigenvalue weighted by atomic mass is 10.0. The number of pyridine rings is 1. The molecule has 106 valence electrons. The molecule has 1 aromatic heterocycles. The molecule has 0 radical (unpaired) electrons. The van der Waals surface area contributed by atoms with Crippen LogP contribution in [0.15, 0.2) is 18.2 Å². The van der Waals surface area contributed by atoms with E-state index in [4.69, 9.17) is 5.73 Å². The molecule has 0 saturated carbocycles. The second-order valence-electron chi connectivity index (χ2n) is 5.07. The molecule has 0 aliphatic heterocycles. The number of benzene rings is 1. The highest BCUT2D eigenvalue weighted by molar-refractivity contribution is 5.93. The van der Waals surface area contributed by atoms with Crippen LogP contribution in [-0.2, 0) is 12.8 Å². The molecule has 0 fully saturated rings. The predicted octanol–water partition coefficient (Wildman–Crippen LogP) is 3.69. The zero-order valence-corrected chi connectivity index (χ0v) is 11.0. The van der Waals surface area contributed by atoms with Gasteiger partial charge in [0.05, 0.1) is 5.52 Å². The van der Waals surface area contributed by atoms with Crippen LogP contribution in [0.1, 0.15) is 30.5 Å².